The highest BCUT2D eigenvalue weighted by atomic mass is 32.1. The highest BCUT2D eigenvalue weighted by Gasteiger charge is 2.22. The Labute approximate surface area is 173 Å². The number of nitro benzene ring substituents is 1. The van der Waals surface area contributed by atoms with Crippen molar-refractivity contribution in [3.8, 4) is 10.4 Å². The molecule has 0 N–H and O–H groups in total. The number of aromatic nitrogens is 2. The van der Waals surface area contributed by atoms with Gasteiger partial charge in [0.1, 0.15) is 11.6 Å². The Balaban J connectivity index is 1.57. The number of halogens is 1. The van der Waals surface area contributed by atoms with Crippen molar-refractivity contribution in [1.29, 1.82) is 0 Å². The minimum Gasteiger partial charge on any atom is -0.292 e. The molecular formula is C22H14FN3O3S. The predicted octanol–water partition coefficient (Wildman–Crippen LogP) is 5.12. The molecule has 8 heteroatoms. The Morgan fingerprint density at radius 1 is 1.17 bits per heavy atom. The van der Waals surface area contributed by atoms with Crippen LogP contribution >= 0.6 is 11.3 Å². The molecule has 6 nitrogen and oxygen atoms in total. The van der Waals surface area contributed by atoms with Crippen molar-refractivity contribution in [3.63, 3.8) is 0 Å². The molecule has 0 radical (unpaired) electrons. The molecule has 0 spiro atoms. The van der Waals surface area contributed by atoms with Gasteiger partial charge in [0.15, 0.2) is 0 Å². The maximum absolute atomic E-state index is 14.1. The second-order valence-electron chi connectivity index (χ2n) is 6.95. The Kier molecular flexibility index (Phi) is 4.29. The monoisotopic (exact) mass is 419 g/mol. The van der Waals surface area contributed by atoms with Crippen molar-refractivity contribution in [3.05, 3.63) is 91.6 Å². The molecule has 3 heterocycles. The summed E-state index contributed by atoms with van der Waals surface area (Å²) in [5, 5.41) is 11.3. The quantitative estimate of drug-likeness (QED) is 0.341. The first-order valence-electron chi connectivity index (χ1n) is 9.26. The average Bonchev–Trinajstić information content (AvgIpc) is 3.36. The van der Waals surface area contributed by atoms with Gasteiger partial charge in [-0.25, -0.2) is 9.37 Å². The van der Waals surface area contributed by atoms with Crippen LogP contribution in [0, 0.1) is 15.9 Å². The lowest BCUT2D eigenvalue weighted by molar-refractivity contribution is -0.384. The molecular weight excluding hydrogens is 405 g/mol. The van der Waals surface area contributed by atoms with Gasteiger partial charge in [-0.3, -0.25) is 19.5 Å². The van der Waals surface area contributed by atoms with E-state index < -0.39 is 4.92 Å². The van der Waals surface area contributed by atoms with Crippen molar-refractivity contribution < 1.29 is 9.31 Å². The molecule has 0 saturated heterocycles. The summed E-state index contributed by atoms with van der Waals surface area (Å²) >= 11 is 1.47. The number of nitrogens with zero attached hydrogens (tertiary/aromatic N) is 3. The molecule has 0 aliphatic carbocycles. The van der Waals surface area contributed by atoms with Crippen LogP contribution in [0.25, 0.3) is 33.0 Å². The molecule has 1 aliphatic rings. The average molecular weight is 419 g/mol. The zero-order valence-electron chi connectivity index (χ0n) is 15.5. The van der Waals surface area contributed by atoms with Crippen molar-refractivity contribution in [2.24, 2.45) is 0 Å². The molecule has 0 fully saturated rings. The number of nitro groups is 1. The number of hydrogen-bond acceptors (Lipinski definition) is 5. The molecule has 5 rings (SSSR count). The largest absolute Gasteiger partial charge is 0.292 e. The number of rotatable bonds is 3. The molecule has 0 atom stereocenters. The summed E-state index contributed by atoms with van der Waals surface area (Å²) in [7, 11) is 0. The molecule has 2 aromatic heterocycles. The molecule has 30 heavy (non-hydrogen) atoms. The Morgan fingerprint density at radius 2 is 2.00 bits per heavy atom. The minimum atomic E-state index is -0.522. The van der Waals surface area contributed by atoms with E-state index in [4.69, 9.17) is 0 Å². The molecule has 4 aromatic rings. The van der Waals surface area contributed by atoms with Crippen LogP contribution < -0.4 is 5.56 Å². The van der Waals surface area contributed by atoms with Crippen molar-refractivity contribution in [2.75, 3.05) is 0 Å². The maximum Gasteiger partial charge on any atom is 0.270 e. The summed E-state index contributed by atoms with van der Waals surface area (Å²) in [5.41, 5.74) is 1.49. The van der Waals surface area contributed by atoms with Gasteiger partial charge in [-0.05, 0) is 42.3 Å². The van der Waals surface area contributed by atoms with Crippen LogP contribution in [0.4, 0.5) is 10.1 Å². The Morgan fingerprint density at radius 3 is 2.80 bits per heavy atom. The predicted molar refractivity (Wildman–Crippen MR) is 115 cm³/mol. The summed E-state index contributed by atoms with van der Waals surface area (Å²) in [4.78, 5) is 29.7. The van der Waals surface area contributed by atoms with E-state index in [2.05, 4.69) is 4.98 Å². The maximum atomic E-state index is 14.1. The first-order chi connectivity index (χ1) is 14.5. The van der Waals surface area contributed by atoms with E-state index in [1.165, 1.54) is 35.6 Å². The van der Waals surface area contributed by atoms with E-state index in [0.717, 1.165) is 15.3 Å². The van der Waals surface area contributed by atoms with Gasteiger partial charge in [0.25, 0.3) is 11.2 Å². The summed E-state index contributed by atoms with van der Waals surface area (Å²) in [6.07, 6.45) is 2.60. The molecule has 0 unspecified atom stereocenters. The fourth-order valence-corrected chi connectivity index (χ4v) is 4.67. The number of thiophene rings is 1. The van der Waals surface area contributed by atoms with E-state index in [-0.39, 0.29) is 22.5 Å². The third kappa shape index (κ3) is 3.02. The van der Waals surface area contributed by atoms with E-state index in [1.54, 1.807) is 22.8 Å². The third-order valence-corrected chi connectivity index (χ3v) is 6.19. The number of allylic oxidation sites excluding steroid dienone is 1. The summed E-state index contributed by atoms with van der Waals surface area (Å²) in [6.45, 7) is 0.469. The standard InChI is InChI=1S/C22H14FN3O3S/c23-18-4-2-1-3-16(18)20-8-6-15(30-20)11-13-9-10-25-21(13)24-19-7-5-14(26(28)29)12-17(19)22(25)27/h1-8,11-12H,9-10H2/b13-11-. The smallest absolute Gasteiger partial charge is 0.270 e. The van der Waals surface area contributed by atoms with Crippen LogP contribution in [0.3, 0.4) is 0 Å². The van der Waals surface area contributed by atoms with Crippen molar-refractivity contribution in [1.82, 2.24) is 9.55 Å². The van der Waals surface area contributed by atoms with Crippen LogP contribution in [0.15, 0.2) is 59.4 Å². The van der Waals surface area contributed by atoms with Crippen molar-refractivity contribution >= 4 is 39.6 Å². The van der Waals surface area contributed by atoms with Gasteiger partial charge in [0.05, 0.1) is 15.8 Å². The van der Waals surface area contributed by atoms with Gasteiger partial charge in [-0.1, -0.05) is 18.2 Å². The summed E-state index contributed by atoms with van der Waals surface area (Å²) in [5.74, 6) is 0.306. The zero-order chi connectivity index (χ0) is 20.8. The lowest BCUT2D eigenvalue weighted by Crippen LogP contribution is -2.20. The van der Waals surface area contributed by atoms with Gasteiger partial charge in [0.2, 0.25) is 0 Å². The SMILES string of the molecule is O=c1c2cc([N+](=O)[O-])ccc2nc2n1CC/C2=C/c1ccc(-c2ccccc2F)s1. The lowest BCUT2D eigenvalue weighted by Gasteiger charge is -2.05. The van der Waals surface area contributed by atoms with Crippen LogP contribution in [-0.4, -0.2) is 14.5 Å². The first kappa shape index (κ1) is 18.4. The van der Waals surface area contributed by atoms with Crippen LogP contribution in [0.5, 0.6) is 0 Å². The summed E-state index contributed by atoms with van der Waals surface area (Å²) < 4.78 is 15.6. The number of hydrogen-bond donors (Lipinski definition) is 0. The van der Waals surface area contributed by atoms with Gasteiger partial charge in [0, 0.05) is 34.0 Å². The van der Waals surface area contributed by atoms with E-state index >= 15 is 0 Å². The van der Waals surface area contributed by atoms with Gasteiger partial charge >= 0.3 is 0 Å². The Hall–Kier alpha value is -3.65. The molecule has 0 saturated carbocycles. The molecule has 2 aromatic carbocycles. The van der Waals surface area contributed by atoms with E-state index in [1.807, 2.05) is 18.2 Å². The van der Waals surface area contributed by atoms with Crippen LogP contribution in [-0.2, 0) is 6.54 Å². The summed E-state index contributed by atoms with van der Waals surface area (Å²) in [6, 6.07) is 14.6. The van der Waals surface area contributed by atoms with E-state index in [0.29, 0.717) is 29.9 Å². The van der Waals surface area contributed by atoms with Crippen molar-refractivity contribution in [2.45, 2.75) is 13.0 Å². The third-order valence-electron chi connectivity index (χ3n) is 5.12. The lowest BCUT2D eigenvalue weighted by atomic mass is 10.1. The molecule has 0 bridgehead atoms. The molecule has 0 amide bonds. The Bertz CT molecular complexity index is 1420. The molecule has 148 valence electrons. The second-order valence-corrected chi connectivity index (χ2v) is 8.07. The molecule has 1 aliphatic heterocycles. The topological polar surface area (TPSA) is 78.0 Å². The minimum absolute atomic E-state index is 0.130. The highest BCUT2D eigenvalue weighted by molar-refractivity contribution is 7.16. The fraction of sp³-hybridized carbons (Fsp3) is 0.0909. The number of non-ortho nitro benzene ring substituents is 1. The normalized spacial score (nSPS) is 14.4. The van der Waals surface area contributed by atoms with Gasteiger partial charge < -0.3 is 0 Å². The zero-order valence-corrected chi connectivity index (χ0v) is 16.4. The fourth-order valence-electron chi connectivity index (χ4n) is 3.66. The highest BCUT2D eigenvalue weighted by Crippen LogP contribution is 2.34. The number of fused-ring (bicyclic) bond motifs is 2. The number of benzene rings is 2. The van der Waals surface area contributed by atoms with E-state index in [9.17, 15) is 19.3 Å². The van der Waals surface area contributed by atoms with Gasteiger partial charge in [-0.15, -0.1) is 11.3 Å². The van der Waals surface area contributed by atoms with Crippen LogP contribution in [0.2, 0.25) is 0 Å². The first-order valence-corrected chi connectivity index (χ1v) is 10.1. The van der Waals surface area contributed by atoms with Crippen LogP contribution in [0.1, 0.15) is 17.1 Å². The second kappa shape index (κ2) is 7.00. The van der Waals surface area contributed by atoms with Gasteiger partial charge in [-0.2, -0.15) is 0 Å².